The Morgan fingerprint density at radius 3 is 2.96 bits per heavy atom. The number of halogens is 2. The number of nitrogens with one attached hydrogen (secondary N) is 2. The largest absolute Gasteiger partial charge is 0.391 e. The Bertz CT molecular complexity index is 990. The van der Waals surface area contributed by atoms with E-state index >= 15 is 4.39 Å². The molecule has 1 aromatic carbocycles. The number of aliphatic hydroxyl groups excluding tert-OH is 1. The first-order chi connectivity index (χ1) is 12.9. The van der Waals surface area contributed by atoms with E-state index in [0.29, 0.717) is 5.69 Å². The van der Waals surface area contributed by atoms with Crippen LogP contribution in [0.1, 0.15) is 22.8 Å². The van der Waals surface area contributed by atoms with Crippen molar-refractivity contribution in [3.63, 3.8) is 0 Å². The number of hydrogen-bond donors (Lipinski definition) is 3. The molecule has 1 atom stereocenters. The maximum Gasteiger partial charge on any atom is 0.278 e. The van der Waals surface area contributed by atoms with Crippen LogP contribution in [-0.4, -0.2) is 33.1 Å². The van der Waals surface area contributed by atoms with Crippen molar-refractivity contribution in [2.45, 2.75) is 20.0 Å². The van der Waals surface area contributed by atoms with E-state index in [9.17, 15) is 9.90 Å². The molecule has 1 amide bonds. The van der Waals surface area contributed by atoms with Crippen molar-refractivity contribution in [2.75, 3.05) is 11.9 Å². The van der Waals surface area contributed by atoms with Crippen LogP contribution < -0.4 is 10.8 Å². The average Bonchev–Trinajstić information content (AvgIpc) is 3.07. The second-order valence-corrected chi connectivity index (χ2v) is 6.98. The van der Waals surface area contributed by atoms with Gasteiger partial charge in [-0.3, -0.25) is 9.63 Å². The summed E-state index contributed by atoms with van der Waals surface area (Å²) in [5.41, 5.74) is 3.84. The van der Waals surface area contributed by atoms with Gasteiger partial charge in [0.15, 0.2) is 11.5 Å². The van der Waals surface area contributed by atoms with Gasteiger partial charge in [0.1, 0.15) is 6.61 Å². The number of hydroxylamine groups is 1. The number of carbonyl (C=O) groups is 1. The smallest absolute Gasteiger partial charge is 0.278 e. The Kier molecular flexibility index (Phi) is 5.73. The van der Waals surface area contributed by atoms with Crippen LogP contribution >= 0.6 is 15.9 Å². The number of aliphatic hydroxyl groups is 1. The van der Waals surface area contributed by atoms with E-state index in [1.165, 1.54) is 23.7 Å². The third-order valence-electron chi connectivity index (χ3n) is 3.80. The van der Waals surface area contributed by atoms with Crippen molar-refractivity contribution in [3.8, 4) is 0 Å². The molecule has 2 heterocycles. The monoisotopic (exact) mass is 436 g/mol. The first kappa shape index (κ1) is 19.3. The maximum absolute atomic E-state index is 15.1. The van der Waals surface area contributed by atoms with Crippen molar-refractivity contribution < 1.29 is 19.1 Å². The normalized spacial score (nSPS) is 12.2. The summed E-state index contributed by atoms with van der Waals surface area (Å²) in [6.07, 6.45) is 3.70. The molecule has 3 aromatic rings. The summed E-state index contributed by atoms with van der Waals surface area (Å²) in [6, 6.07) is 5.47. The molecule has 0 spiro atoms. The van der Waals surface area contributed by atoms with Gasteiger partial charge < -0.3 is 14.8 Å². The summed E-state index contributed by atoms with van der Waals surface area (Å²) in [5, 5.41) is 12.2. The van der Waals surface area contributed by atoms with Crippen LogP contribution in [-0.2, 0) is 4.84 Å². The van der Waals surface area contributed by atoms with Crippen LogP contribution in [0.25, 0.3) is 5.65 Å². The number of amides is 1. The minimum atomic E-state index is -0.749. The van der Waals surface area contributed by atoms with Gasteiger partial charge in [-0.15, -0.1) is 0 Å². The number of pyridine rings is 1. The number of imidazole rings is 1. The molecule has 27 heavy (non-hydrogen) atoms. The zero-order valence-corrected chi connectivity index (χ0v) is 16.2. The summed E-state index contributed by atoms with van der Waals surface area (Å²) in [5.74, 6) is -1.31. The van der Waals surface area contributed by atoms with Crippen LogP contribution in [0.15, 0.2) is 41.3 Å². The number of carbonyl (C=O) groups excluding carboxylic acids is 1. The number of fused-ring (bicyclic) bond motifs is 1. The Morgan fingerprint density at radius 1 is 1.48 bits per heavy atom. The van der Waals surface area contributed by atoms with Crippen LogP contribution in [0.2, 0.25) is 0 Å². The zero-order chi connectivity index (χ0) is 19.6. The molecule has 0 radical (unpaired) electrons. The lowest BCUT2D eigenvalue weighted by Crippen LogP contribution is -2.28. The van der Waals surface area contributed by atoms with E-state index in [1.54, 1.807) is 12.3 Å². The second kappa shape index (κ2) is 8.03. The van der Waals surface area contributed by atoms with Crippen LogP contribution in [0.5, 0.6) is 0 Å². The molecule has 0 unspecified atom stereocenters. The van der Waals surface area contributed by atoms with E-state index < -0.39 is 17.8 Å². The van der Waals surface area contributed by atoms with E-state index in [0.717, 1.165) is 10.0 Å². The third-order valence-corrected chi connectivity index (χ3v) is 4.30. The molecular formula is C18H18BrFN4O3. The fourth-order valence-electron chi connectivity index (χ4n) is 2.50. The Balaban J connectivity index is 2.00. The minimum Gasteiger partial charge on any atom is -0.391 e. The molecule has 3 N–H and O–H groups in total. The number of hydrogen-bond acceptors (Lipinski definition) is 5. The van der Waals surface area contributed by atoms with Gasteiger partial charge in [0.05, 0.1) is 17.4 Å². The Labute approximate surface area is 163 Å². The van der Waals surface area contributed by atoms with Gasteiger partial charge in [-0.25, -0.2) is 14.9 Å². The number of aromatic nitrogens is 2. The molecule has 0 aliphatic carbocycles. The predicted molar refractivity (Wildman–Crippen MR) is 102 cm³/mol. The molecule has 0 bridgehead atoms. The molecule has 2 aromatic heterocycles. The summed E-state index contributed by atoms with van der Waals surface area (Å²) in [4.78, 5) is 21.5. The molecular weight excluding hydrogens is 419 g/mol. The predicted octanol–water partition coefficient (Wildman–Crippen LogP) is 3.33. The lowest BCUT2D eigenvalue weighted by atomic mass is 10.1. The molecule has 3 rings (SSSR count). The topological polar surface area (TPSA) is 87.9 Å². The standard InChI is InChI=1S/C18H18BrFN4O3/c1-10-7-12(19)3-4-14(10)22-16-13(18(26)23-27-9-11(2)25)8-24-6-5-21-17(24)15(16)20/h3-8,11,22,25H,9H2,1-2H3,(H,23,26)/t11-/m1/s1. The highest BCUT2D eigenvalue weighted by Crippen LogP contribution is 2.29. The number of aryl methyl sites for hydroxylation is 1. The quantitative estimate of drug-likeness (QED) is 0.515. The Morgan fingerprint density at radius 2 is 2.26 bits per heavy atom. The minimum absolute atomic E-state index is 0.0164. The SMILES string of the molecule is Cc1cc(Br)ccc1Nc1c(C(=O)NOC[C@@H](C)O)cn2ccnc2c1F. The summed E-state index contributed by atoms with van der Waals surface area (Å²) in [6.45, 7) is 3.30. The number of rotatable bonds is 6. The first-order valence-corrected chi connectivity index (χ1v) is 8.94. The van der Waals surface area contributed by atoms with Gasteiger partial charge in [0.2, 0.25) is 0 Å². The third kappa shape index (κ3) is 4.26. The fourth-order valence-corrected chi connectivity index (χ4v) is 2.98. The van der Waals surface area contributed by atoms with Crippen molar-refractivity contribution in [3.05, 3.63) is 58.2 Å². The molecule has 0 aliphatic heterocycles. The first-order valence-electron chi connectivity index (χ1n) is 8.15. The molecule has 142 valence electrons. The molecule has 9 heteroatoms. The Hall–Kier alpha value is -2.49. The lowest BCUT2D eigenvalue weighted by Gasteiger charge is -2.16. The van der Waals surface area contributed by atoms with Crippen molar-refractivity contribution >= 4 is 38.9 Å². The van der Waals surface area contributed by atoms with Crippen LogP contribution in [0.4, 0.5) is 15.8 Å². The van der Waals surface area contributed by atoms with Gasteiger partial charge in [-0.1, -0.05) is 15.9 Å². The van der Waals surface area contributed by atoms with Crippen molar-refractivity contribution in [1.82, 2.24) is 14.9 Å². The highest BCUT2D eigenvalue weighted by atomic mass is 79.9. The molecule has 7 nitrogen and oxygen atoms in total. The van der Waals surface area contributed by atoms with Crippen molar-refractivity contribution in [2.24, 2.45) is 0 Å². The molecule has 0 fully saturated rings. The summed E-state index contributed by atoms with van der Waals surface area (Å²) in [7, 11) is 0. The number of nitrogens with zero attached hydrogens (tertiary/aromatic N) is 2. The number of anilines is 2. The lowest BCUT2D eigenvalue weighted by molar-refractivity contribution is -0.00686. The second-order valence-electron chi connectivity index (χ2n) is 6.07. The summed E-state index contributed by atoms with van der Waals surface area (Å²) >= 11 is 3.39. The summed E-state index contributed by atoms with van der Waals surface area (Å²) < 4.78 is 17.4. The highest BCUT2D eigenvalue weighted by Gasteiger charge is 2.21. The van der Waals surface area contributed by atoms with Gasteiger partial charge in [0.25, 0.3) is 5.91 Å². The van der Waals surface area contributed by atoms with Gasteiger partial charge in [-0.2, -0.15) is 0 Å². The average molecular weight is 437 g/mol. The van der Waals surface area contributed by atoms with Crippen LogP contribution in [0, 0.1) is 12.7 Å². The van der Waals surface area contributed by atoms with Crippen molar-refractivity contribution in [1.29, 1.82) is 0 Å². The van der Waals surface area contributed by atoms with Gasteiger partial charge in [0, 0.05) is 28.8 Å². The van der Waals surface area contributed by atoms with Gasteiger partial charge >= 0.3 is 0 Å². The number of benzene rings is 1. The van der Waals surface area contributed by atoms with E-state index in [4.69, 9.17) is 4.84 Å². The van der Waals surface area contributed by atoms with Gasteiger partial charge in [-0.05, 0) is 37.6 Å². The molecule has 0 saturated heterocycles. The highest BCUT2D eigenvalue weighted by molar-refractivity contribution is 9.10. The van der Waals surface area contributed by atoms with Crippen LogP contribution in [0.3, 0.4) is 0 Å². The fraction of sp³-hybridized carbons (Fsp3) is 0.222. The van der Waals surface area contributed by atoms with E-state index in [2.05, 4.69) is 31.7 Å². The van der Waals surface area contributed by atoms with E-state index in [1.807, 2.05) is 19.1 Å². The maximum atomic E-state index is 15.1. The van der Waals surface area contributed by atoms with E-state index in [-0.39, 0.29) is 23.5 Å². The molecule has 0 saturated carbocycles. The molecule has 0 aliphatic rings. The zero-order valence-electron chi connectivity index (χ0n) is 14.7.